The number of hydrogen-bond acceptors (Lipinski definition) is 8. The van der Waals surface area contributed by atoms with Crippen LogP contribution in [0.4, 0.5) is 0 Å². The molecular weight excluding hydrogens is 408 g/mol. The molecule has 8 nitrogen and oxygen atoms in total. The molecule has 0 amide bonds. The highest BCUT2D eigenvalue weighted by Gasteiger charge is 2.71. The predicted octanol–water partition coefficient (Wildman–Crippen LogP) is 2.38. The fourth-order valence-corrected chi connectivity index (χ4v) is 5.80. The molecule has 1 aromatic carbocycles. The lowest BCUT2D eigenvalue weighted by atomic mass is 9.72. The molecule has 0 bridgehead atoms. The zero-order chi connectivity index (χ0) is 22.5. The Kier molecular flexibility index (Phi) is 6.41. The summed E-state index contributed by atoms with van der Waals surface area (Å²) in [5.41, 5.74) is 2.18. The highest BCUT2D eigenvalue weighted by atomic mass is 28.4. The van der Waals surface area contributed by atoms with Crippen LogP contribution in [0.15, 0.2) is 12.1 Å². The standard InChI is InChI=1S/C21H34O8Si/c1-12-18(23)15(22)11-16(28-12)13-9-10-14-17(19(13)24-2)21(27-5,29-30(6,7)8)20(14,25-3)26-4/h9-10,12,15-16,18,22-23H,11H2,1-8H3/t12-,15-,16-,18-,21?/m1/s1. The van der Waals surface area contributed by atoms with Gasteiger partial charge in [-0.1, -0.05) is 12.1 Å². The van der Waals surface area contributed by atoms with Gasteiger partial charge in [0.15, 0.2) is 8.32 Å². The van der Waals surface area contributed by atoms with E-state index in [2.05, 4.69) is 19.6 Å². The van der Waals surface area contributed by atoms with Crippen molar-refractivity contribution in [3.8, 4) is 5.75 Å². The van der Waals surface area contributed by atoms with Gasteiger partial charge in [-0.2, -0.15) is 0 Å². The number of rotatable bonds is 7. The number of methoxy groups -OCH3 is 4. The van der Waals surface area contributed by atoms with Gasteiger partial charge in [0.05, 0.1) is 31.0 Å². The van der Waals surface area contributed by atoms with E-state index in [4.69, 9.17) is 28.1 Å². The van der Waals surface area contributed by atoms with Gasteiger partial charge in [-0.3, -0.25) is 0 Å². The average Bonchev–Trinajstić information content (AvgIpc) is 2.69. The molecule has 2 N–H and O–H groups in total. The molecule has 30 heavy (non-hydrogen) atoms. The monoisotopic (exact) mass is 442 g/mol. The Morgan fingerprint density at radius 2 is 1.60 bits per heavy atom. The van der Waals surface area contributed by atoms with Crippen molar-refractivity contribution in [3.63, 3.8) is 0 Å². The first kappa shape index (κ1) is 23.6. The van der Waals surface area contributed by atoms with Crippen molar-refractivity contribution in [2.45, 2.75) is 69.0 Å². The molecule has 5 atom stereocenters. The number of fused-ring (bicyclic) bond motifs is 1. The van der Waals surface area contributed by atoms with E-state index in [1.165, 1.54) is 0 Å². The van der Waals surface area contributed by atoms with Crippen LogP contribution in [0.25, 0.3) is 0 Å². The molecule has 9 heteroatoms. The normalized spacial score (nSPS) is 33.0. The topological polar surface area (TPSA) is 95.8 Å². The summed E-state index contributed by atoms with van der Waals surface area (Å²) in [6.45, 7) is 7.91. The number of aliphatic hydroxyl groups excluding tert-OH is 2. The van der Waals surface area contributed by atoms with Crippen LogP contribution < -0.4 is 4.74 Å². The van der Waals surface area contributed by atoms with Crippen molar-refractivity contribution in [1.29, 1.82) is 0 Å². The number of ether oxygens (including phenoxy) is 5. The summed E-state index contributed by atoms with van der Waals surface area (Å²) in [6.07, 6.45) is -2.55. The number of benzene rings is 1. The SMILES string of the molecule is COc1c([C@H]2C[C@@H](O)[C@H](O)[C@@H](C)O2)ccc2c1C(OC)(O[Si](C)(C)C)C2(OC)OC. The molecule has 1 unspecified atom stereocenters. The lowest BCUT2D eigenvalue weighted by Gasteiger charge is -2.57. The summed E-state index contributed by atoms with van der Waals surface area (Å²) in [6, 6.07) is 3.76. The van der Waals surface area contributed by atoms with E-state index in [1.807, 2.05) is 12.1 Å². The van der Waals surface area contributed by atoms with E-state index in [1.54, 1.807) is 35.4 Å². The minimum Gasteiger partial charge on any atom is -0.496 e. The lowest BCUT2D eigenvalue weighted by molar-refractivity contribution is -0.415. The summed E-state index contributed by atoms with van der Waals surface area (Å²) >= 11 is 0. The van der Waals surface area contributed by atoms with E-state index in [9.17, 15) is 10.2 Å². The Bertz CT molecular complexity index is 763. The quantitative estimate of drug-likeness (QED) is 0.491. The molecule has 1 aromatic rings. The van der Waals surface area contributed by atoms with Crippen molar-refractivity contribution in [2.75, 3.05) is 28.4 Å². The van der Waals surface area contributed by atoms with Crippen molar-refractivity contribution < 1.29 is 38.3 Å². The fraction of sp³-hybridized carbons (Fsp3) is 0.714. The summed E-state index contributed by atoms with van der Waals surface area (Å²) in [5.74, 6) is -2.03. The van der Waals surface area contributed by atoms with Crippen molar-refractivity contribution in [2.24, 2.45) is 0 Å². The van der Waals surface area contributed by atoms with Crippen LogP contribution in [-0.2, 0) is 34.9 Å². The Morgan fingerprint density at radius 1 is 1.00 bits per heavy atom. The third kappa shape index (κ3) is 3.32. The van der Waals surface area contributed by atoms with Crippen LogP contribution in [0.2, 0.25) is 19.6 Å². The van der Waals surface area contributed by atoms with Gasteiger partial charge in [0, 0.05) is 38.9 Å². The molecule has 0 radical (unpaired) electrons. The molecular formula is C21H34O8Si. The van der Waals surface area contributed by atoms with Gasteiger partial charge in [-0.15, -0.1) is 0 Å². The molecule has 1 fully saturated rings. The largest absolute Gasteiger partial charge is 0.496 e. The fourth-order valence-electron chi connectivity index (χ4n) is 4.62. The van der Waals surface area contributed by atoms with Gasteiger partial charge >= 0.3 is 0 Å². The second kappa shape index (κ2) is 8.14. The summed E-state index contributed by atoms with van der Waals surface area (Å²) < 4.78 is 36.0. The van der Waals surface area contributed by atoms with E-state index < -0.39 is 44.3 Å². The van der Waals surface area contributed by atoms with Crippen LogP contribution in [0.5, 0.6) is 5.75 Å². The van der Waals surface area contributed by atoms with Crippen molar-refractivity contribution in [3.05, 3.63) is 28.8 Å². The van der Waals surface area contributed by atoms with Crippen LogP contribution in [0, 0.1) is 0 Å². The molecule has 0 aromatic heterocycles. The maximum Gasteiger partial charge on any atom is 0.255 e. The summed E-state index contributed by atoms with van der Waals surface area (Å²) in [5, 5.41) is 20.3. The molecule has 170 valence electrons. The predicted molar refractivity (Wildman–Crippen MR) is 112 cm³/mol. The van der Waals surface area contributed by atoms with Crippen LogP contribution in [0.3, 0.4) is 0 Å². The van der Waals surface area contributed by atoms with Gasteiger partial charge in [0.1, 0.15) is 11.9 Å². The Labute approximate surface area is 179 Å². The van der Waals surface area contributed by atoms with E-state index >= 15 is 0 Å². The molecule has 1 saturated heterocycles. The Morgan fingerprint density at radius 3 is 2.07 bits per heavy atom. The molecule has 1 heterocycles. The Balaban J connectivity index is 2.18. The third-order valence-corrected chi connectivity index (χ3v) is 6.78. The molecule has 3 rings (SSSR count). The van der Waals surface area contributed by atoms with Gasteiger partial charge in [-0.25, -0.2) is 0 Å². The molecule has 1 aliphatic heterocycles. The number of hydrogen-bond donors (Lipinski definition) is 2. The summed E-state index contributed by atoms with van der Waals surface area (Å²) in [7, 11) is 4.10. The first-order valence-electron chi connectivity index (χ1n) is 10.1. The lowest BCUT2D eigenvalue weighted by Crippen LogP contribution is -2.66. The minimum atomic E-state index is -2.14. The molecule has 2 aliphatic rings. The van der Waals surface area contributed by atoms with Crippen molar-refractivity contribution in [1.82, 2.24) is 0 Å². The first-order chi connectivity index (χ1) is 14.0. The second-order valence-electron chi connectivity index (χ2n) is 8.79. The minimum absolute atomic E-state index is 0.245. The van der Waals surface area contributed by atoms with Gasteiger partial charge in [-0.05, 0) is 26.6 Å². The molecule has 1 aliphatic carbocycles. The highest BCUT2D eigenvalue weighted by molar-refractivity contribution is 6.69. The van der Waals surface area contributed by atoms with Crippen LogP contribution in [-0.4, -0.2) is 65.3 Å². The van der Waals surface area contributed by atoms with E-state index in [-0.39, 0.29) is 6.42 Å². The molecule has 0 spiro atoms. The summed E-state index contributed by atoms with van der Waals surface area (Å²) in [4.78, 5) is 0. The van der Waals surface area contributed by atoms with Gasteiger partial charge in [0.2, 0.25) is 0 Å². The van der Waals surface area contributed by atoms with Crippen molar-refractivity contribution >= 4 is 8.32 Å². The maximum atomic E-state index is 10.3. The smallest absolute Gasteiger partial charge is 0.255 e. The van der Waals surface area contributed by atoms with E-state index in [0.717, 1.165) is 11.1 Å². The third-order valence-electron chi connectivity index (χ3n) is 5.88. The number of aliphatic hydroxyl groups is 2. The second-order valence-corrected chi connectivity index (χ2v) is 13.2. The Hall–Kier alpha value is -1.04. The zero-order valence-electron chi connectivity index (χ0n) is 19.0. The van der Waals surface area contributed by atoms with Crippen LogP contribution >= 0.6 is 0 Å². The van der Waals surface area contributed by atoms with E-state index in [0.29, 0.717) is 11.3 Å². The van der Waals surface area contributed by atoms with Gasteiger partial charge in [0.25, 0.3) is 11.6 Å². The first-order valence-corrected chi connectivity index (χ1v) is 13.5. The maximum absolute atomic E-state index is 10.3. The molecule has 0 saturated carbocycles. The highest BCUT2D eigenvalue weighted by Crippen LogP contribution is 2.63. The zero-order valence-corrected chi connectivity index (χ0v) is 20.0. The van der Waals surface area contributed by atoms with Crippen LogP contribution in [0.1, 0.15) is 36.1 Å². The average molecular weight is 443 g/mol. The van der Waals surface area contributed by atoms with Gasteiger partial charge < -0.3 is 38.3 Å².